The maximum Gasteiger partial charge on any atom is 0.143 e. The summed E-state index contributed by atoms with van der Waals surface area (Å²) in [5.41, 5.74) is 2.20. The number of aryl methyl sites for hydroxylation is 1. The van der Waals surface area contributed by atoms with Crippen LogP contribution in [0.4, 0.5) is 5.69 Å². The molecule has 0 aromatic heterocycles. The Morgan fingerprint density at radius 3 is 2.67 bits per heavy atom. The third kappa shape index (κ3) is 2.32. The van der Waals surface area contributed by atoms with Gasteiger partial charge < -0.3 is 14.7 Å². The standard InChI is InChI=1S/C15H23NO2/c1-4-15(5-2)11-16(8-9-17)13-7-6-12(3)10-14(13)18-15/h6-7,10,17H,4-5,8-9,11H2,1-3H3. The van der Waals surface area contributed by atoms with Gasteiger partial charge in [-0.25, -0.2) is 0 Å². The maximum absolute atomic E-state index is 9.23. The molecule has 2 rings (SSSR count). The Morgan fingerprint density at radius 1 is 1.33 bits per heavy atom. The Labute approximate surface area is 109 Å². The van der Waals surface area contributed by atoms with Gasteiger partial charge in [-0.05, 0) is 37.5 Å². The number of fused-ring (bicyclic) bond motifs is 1. The van der Waals surface area contributed by atoms with Crippen molar-refractivity contribution in [1.82, 2.24) is 0 Å². The Balaban J connectivity index is 2.39. The molecule has 1 aliphatic rings. The molecule has 1 aromatic rings. The molecule has 0 bridgehead atoms. The fourth-order valence-electron chi connectivity index (χ4n) is 2.60. The summed E-state index contributed by atoms with van der Waals surface area (Å²) in [5, 5.41) is 9.23. The van der Waals surface area contributed by atoms with Crippen LogP contribution in [0.25, 0.3) is 0 Å². The summed E-state index contributed by atoms with van der Waals surface area (Å²) < 4.78 is 6.25. The van der Waals surface area contributed by atoms with E-state index in [1.807, 2.05) is 0 Å². The molecule has 0 amide bonds. The van der Waals surface area contributed by atoms with Crippen molar-refractivity contribution >= 4 is 5.69 Å². The fraction of sp³-hybridized carbons (Fsp3) is 0.600. The van der Waals surface area contributed by atoms with E-state index in [2.05, 4.69) is 43.9 Å². The number of hydrogen-bond donors (Lipinski definition) is 1. The van der Waals surface area contributed by atoms with Crippen LogP contribution in [0.15, 0.2) is 18.2 Å². The number of β-amino-alcohol motifs (C(OH)–C–C–N with tert-alkyl or cyclic N) is 1. The highest BCUT2D eigenvalue weighted by molar-refractivity contribution is 5.62. The van der Waals surface area contributed by atoms with E-state index in [0.29, 0.717) is 6.54 Å². The first-order chi connectivity index (χ1) is 8.64. The number of rotatable bonds is 4. The minimum absolute atomic E-state index is 0.115. The van der Waals surface area contributed by atoms with E-state index in [9.17, 15) is 5.11 Å². The second kappa shape index (κ2) is 5.19. The van der Waals surface area contributed by atoms with Crippen LogP contribution in [-0.2, 0) is 0 Å². The number of hydrogen-bond acceptors (Lipinski definition) is 3. The highest BCUT2D eigenvalue weighted by Gasteiger charge is 2.36. The lowest BCUT2D eigenvalue weighted by atomic mass is 9.93. The zero-order valence-electron chi connectivity index (χ0n) is 11.6. The minimum Gasteiger partial charge on any atom is -0.483 e. The molecule has 0 atom stereocenters. The van der Waals surface area contributed by atoms with Crippen molar-refractivity contribution < 1.29 is 9.84 Å². The van der Waals surface area contributed by atoms with E-state index in [1.165, 1.54) is 5.56 Å². The summed E-state index contributed by atoms with van der Waals surface area (Å²) in [4.78, 5) is 2.24. The van der Waals surface area contributed by atoms with Crippen LogP contribution >= 0.6 is 0 Å². The van der Waals surface area contributed by atoms with Crippen LogP contribution in [-0.4, -0.2) is 30.4 Å². The lowest BCUT2D eigenvalue weighted by Crippen LogP contribution is -2.51. The number of aliphatic hydroxyl groups excluding tert-OH is 1. The Hall–Kier alpha value is -1.22. The Morgan fingerprint density at radius 2 is 2.06 bits per heavy atom. The van der Waals surface area contributed by atoms with Gasteiger partial charge in [0, 0.05) is 6.54 Å². The molecule has 1 N–H and O–H groups in total. The van der Waals surface area contributed by atoms with Gasteiger partial charge in [-0.15, -0.1) is 0 Å². The average molecular weight is 249 g/mol. The number of nitrogens with zero attached hydrogens (tertiary/aromatic N) is 1. The van der Waals surface area contributed by atoms with E-state index in [4.69, 9.17) is 4.74 Å². The molecule has 0 unspecified atom stereocenters. The molecule has 0 saturated heterocycles. The van der Waals surface area contributed by atoms with E-state index >= 15 is 0 Å². The molecule has 18 heavy (non-hydrogen) atoms. The highest BCUT2D eigenvalue weighted by atomic mass is 16.5. The molecule has 0 fully saturated rings. The zero-order valence-corrected chi connectivity index (χ0v) is 11.6. The van der Waals surface area contributed by atoms with Gasteiger partial charge in [0.2, 0.25) is 0 Å². The van der Waals surface area contributed by atoms with Crippen molar-refractivity contribution in [3.63, 3.8) is 0 Å². The molecule has 1 aromatic carbocycles. The zero-order chi connectivity index (χ0) is 13.2. The van der Waals surface area contributed by atoms with Crippen LogP contribution < -0.4 is 9.64 Å². The van der Waals surface area contributed by atoms with Gasteiger partial charge in [0.25, 0.3) is 0 Å². The first-order valence-electron chi connectivity index (χ1n) is 6.79. The van der Waals surface area contributed by atoms with Gasteiger partial charge in [-0.2, -0.15) is 0 Å². The van der Waals surface area contributed by atoms with Crippen molar-refractivity contribution in [1.29, 1.82) is 0 Å². The number of benzene rings is 1. The SMILES string of the molecule is CCC1(CC)CN(CCO)c2ccc(C)cc2O1. The largest absolute Gasteiger partial charge is 0.483 e. The van der Waals surface area contributed by atoms with Gasteiger partial charge >= 0.3 is 0 Å². The molecule has 1 heterocycles. The van der Waals surface area contributed by atoms with Gasteiger partial charge in [-0.3, -0.25) is 0 Å². The summed E-state index contributed by atoms with van der Waals surface area (Å²) in [6, 6.07) is 6.28. The summed E-state index contributed by atoms with van der Waals surface area (Å²) in [6.07, 6.45) is 1.97. The second-order valence-electron chi connectivity index (χ2n) is 5.11. The van der Waals surface area contributed by atoms with Crippen molar-refractivity contribution in [2.24, 2.45) is 0 Å². The Kier molecular flexibility index (Phi) is 3.81. The summed E-state index contributed by atoms with van der Waals surface area (Å²) >= 11 is 0. The maximum atomic E-state index is 9.23. The van der Waals surface area contributed by atoms with Gasteiger partial charge in [0.05, 0.1) is 18.8 Å². The Bertz CT molecular complexity index is 413. The third-order valence-corrected chi connectivity index (χ3v) is 3.92. The van der Waals surface area contributed by atoms with Crippen molar-refractivity contribution in [3.8, 4) is 5.75 Å². The molecule has 3 heteroatoms. The third-order valence-electron chi connectivity index (χ3n) is 3.92. The molecule has 0 spiro atoms. The van der Waals surface area contributed by atoms with Crippen LogP contribution in [0.1, 0.15) is 32.3 Å². The smallest absolute Gasteiger partial charge is 0.143 e. The lowest BCUT2D eigenvalue weighted by molar-refractivity contribution is 0.0564. The quantitative estimate of drug-likeness (QED) is 0.890. The number of ether oxygens (including phenoxy) is 1. The first kappa shape index (κ1) is 13.2. The molecule has 3 nitrogen and oxygen atoms in total. The highest BCUT2D eigenvalue weighted by Crippen LogP contribution is 2.39. The van der Waals surface area contributed by atoms with Crippen LogP contribution in [0.5, 0.6) is 5.75 Å². The van der Waals surface area contributed by atoms with Gasteiger partial charge in [-0.1, -0.05) is 19.9 Å². The van der Waals surface area contributed by atoms with Crippen LogP contribution in [0.2, 0.25) is 0 Å². The van der Waals surface area contributed by atoms with Crippen molar-refractivity contribution in [2.75, 3.05) is 24.6 Å². The molecule has 100 valence electrons. The topological polar surface area (TPSA) is 32.7 Å². The van der Waals surface area contributed by atoms with E-state index in [0.717, 1.165) is 30.8 Å². The molecule has 0 saturated carbocycles. The molecular formula is C15H23NO2. The van der Waals surface area contributed by atoms with E-state index in [-0.39, 0.29) is 12.2 Å². The normalized spacial score (nSPS) is 17.2. The monoisotopic (exact) mass is 249 g/mol. The molecular weight excluding hydrogens is 226 g/mol. The lowest BCUT2D eigenvalue weighted by Gasteiger charge is -2.44. The van der Waals surface area contributed by atoms with Gasteiger partial charge in [0.15, 0.2) is 0 Å². The average Bonchev–Trinajstić information content (AvgIpc) is 2.38. The van der Waals surface area contributed by atoms with E-state index < -0.39 is 0 Å². The summed E-state index contributed by atoms with van der Waals surface area (Å²) in [7, 11) is 0. The molecule has 1 aliphatic heterocycles. The second-order valence-corrected chi connectivity index (χ2v) is 5.11. The van der Waals surface area contributed by atoms with Crippen molar-refractivity contribution in [2.45, 2.75) is 39.2 Å². The van der Waals surface area contributed by atoms with Gasteiger partial charge in [0.1, 0.15) is 11.4 Å². The number of aliphatic hydroxyl groups is 1. The first-order valence-corrected chi connectivity index (χ1v) is 6.79. The van der Waals surface area contributed by atoms with Crippen LogP contribution in [0.3, 0.4) is 0 Å². The summed E-state index contributed by atoms with van der Waals surface area (Å²) in [6.45, 7) is 8.12. The van der Waals surface area contributed by atoms with Crippen molar-refractivity contribution in [3.05, 3.63) is 23.8 Å². The molecule has 0 aliphatic carbocycles. The predicted molar refractivity (Wildman–Crippen MR) is 74.4 cm³/mol. The predicted octanol–water partition coefficient (Wildman–Crippen LogP) is 2.74. The number of anilines is 1. The minimum atomic E-state index is -0.115. The summed E-state index contributed by atoms with van der Waals surface area (Å²) in [5.74, 6) is 0.957. The molecule has 0 radical (unpaired) electrons. The van der Waals surface area contributed by atoms with E-state index in [1.54, 1.807) is 0 Å². The fourth-order valence-corrected chi connectivity index (χ4v) is 2.60. The van der Waals surface area contributed by atoms with Crippen LogP contribution in [0, 0.1) is 6.92 Å².